The number of aromatic amines is 1. The van der Waals surface area contributed by atoms with Gasteiger partial charge >= 0.3 is 5.97 Å². The van der Waals surface area contributed by atoms with Gasteiger partial charge in [-0.25, -0.2) is 13.6 Å². The molecule has 11 heteroatoms. The SMILES string of the molecule is Cc1c(C(=O)C(=O)NC2(c3cn[nH]n3)CC(F)(F)C2)cn(C)c1C(=O)O. The topological polar surface area (TPSA) is 130 Å². The van der Waals surface area contributed by atoms with E-state index in [1.165, 1.54) is 30.9 Å². The molecule has 138 valence electrons. The van der Waals surface area contributed by atoms with Crippen LogP contribution >= 0.6 is 0 Å². The highest BCUT2D eigenvalue weighted by Gasteiger charge is 2.60. The molecule has 0 radical (unpaired) electrons. The van der Waals surface area contributed by atoms with E-state index in [0.717, 1.165) is 0 Å². The number of hydrogen-bond donors (Lipinski definition) is 3. The number of ketones is 1. The van der Waals surface area contributed by atoms with Crippen molar-refractivity contribution in [1.29, 1.82) is 0 Å². The first-order valence-electron chi connectivity index (χ1n) is 7.56. The maximum Gasteiger partial charge on any atom is 0.352 e. The van der Waals surface area contributed by atoms with Gasteiger partial charge in [-0.2, -0.15) is 15.4 Å². The third-order valence-electron chi connectivity index (χ3n) is 4.47. The van der Waals surface area contributed by atoms with Crippen LogP contribution in [0, 0.1) is 6.92 Å². The molecule has 2 aromatic heterocycles. The zero-order valence-corrected chi connectivity index (χ0v) is 13.8. The van der Waals surface area contributed by atoms with Crippen molar-refractivity contribution in [2.24, 2.45) is 7.05 Å². The van der Waals surface area contributed by atoms with Gasteiger partial charge in [-0.05, 0) is 12.5 Å². The van der Waals surface area contributed by atoms with Gasteiger partial charge < -0.3 is 15.0 Å². The van der Waals surface area contributed by atoms with Gasteiger partial charge in [-0.15, -0.1) is 0 Å². The fourth-order valence-electron chi connectivity index (χ4n) is 3.28. The Hall–Kier alpha value is -3.11. The number of carboxylic acids is 1. The van der Waals surface area contributed by atoms with Crippen molar-refractivity contribution >= 4 is 17.7 Å². The first-order chi connectivity index (χ1) is 12.1. The Labute approximate surface area is 145 Å². The van der Waals surface area contributed by atoms with Crippen molar-refractivity contribution in [3.05, 3.63) is 34.9 Å². The number of amides is 1. The monoisotopic (exact) mass is 367 g/mol. The number of aryl methyl sites for hydroxylation is 1. The van der Waals surface area contributed by atoms with Crippen molar-refractivity contribution in [3.8, 4) is 0 Å². The van der Waals surface area contributed by atoms with E-state index in [0.29, 0.717) is 0 Å². The molecule has 2 aromatic rings. The highest BCUT2D eigenvalue weighted by Crippen LogP contribution is 2.50. The second-order valence-corrected chi connectivity index (χ2v) is 6.36. The number of aromatic nitrogens is 4. The van der Waals surface area contributed by atoms with E-state index in [2.05, 4.69) is 20.7 Å². The van der Waals surface area contributed by atoms with Crippen molar-refractivity contribution in [3.63, 3.8) is 0 Å². The Bertz CT molecular complexity index is 896. The summed E-state index contributed by atoms with van der Waals surface area (Å²) >= 11 is 0. The van der Waals surface area contributed by atoms with Gasteiger partial charge in [0.15, 0.2) is 0 Å². The molecule has 1 amide bonds. The second kappa shape index (κ2) is 5.71. The van der Waals surface area contributed by atoms with Crippen LogP contribution in [0.2, 0.25) is 0 Å². The first kappa shape index (κ1) is 17.7. The molecular weight excluding hydrogens is 352 g/mol. The predicted octanol–water partition coefficient (Wildman–Crippen LogP) is 0.773. The lowest BCUT2D eigenvalue weighted by atomic mass is 9.71. The third-order valence-corrected chi connectivity index (χ3v) is 4.47. The normalized spacial score (nSPS) is 17.4. The zero-order valence-electron chi connectivity index (χ0n) is 13.8. The predicted molar refractivity (Wildman–Crippen MR) is 81.8 cm³/mol. The Morgan fingerprint density at radius 2 is 2.00 bits per heavy atom. The van der Waals surface area contributed by atoms with Gasteiger partial charge in [-0.1, -0.05) is 0 Å². The molecular formula is C15H15F2N5O4. The number of hydrogen-bond acceptors (Lipinski definition) is 5. The fraction of sp³-hybridized carbons (Fsp3) is 0.400. The molecule has 0 bridgehead atoms. The number of aromatic carboxylic acids is 1. The molecule has 1 saturated carbocycles. The number of H-pyrrole nitrogens is 1. The molecule has 0 aliphatic heterocycles. The van der Waals surface area contributed by atoms with Crippen LogP contribution in [-0.4, -0.2) is 48.7 Å². The molecule has 9 nitrogen and oxygen atoms in total. The summed E-state index contributed by atoms with van der Waals surface area (Å²) in [5.41, 5.74) is -1.52. The van der Waals surface area contributed by atoms with Crippen LogP contribution in [0.5, 0.6) is 0 Å². The highest BCUT2D eigenvalue weighted by atomic mass is 19.3. The first-order valence-corrected chi connectivity index (χ1v) is 7.56. The number of halogens is 2. The molecule has 3 rings (SSSR count). The van der Waals surface area contributed by atoms with E-state index < -0.39 is 42.0 Å². The number of alkyl halides is 2. The van der Waals surface area contributed by atoms with Gasteiger partial charge in [-0.3, -0.25) is 9.59 Å². The van der Waals surface area contributed by atoms with Gasteiger partial charge in [0.05, 0.1) is 11.7 Å². The molecule has 0 saturated heterocycles. The Morgan fingerprint density at radius 1 is 1.35 bits per heavy atom. The number of nitrogens with zero attached hydrogens (tertiary/aromatic N) is 3. The highest BCUT2D eigenvalue weighted by molar-refractivity contribution is 6.43. The maximum absolute atomic E-state index is 13.4. The van der Waals surface area contributed by atoms with Crippen LogP contribution < -0.4 is 5.32 Å². The van der Waals surface area contributed by atoms with Gasteiger partial charge in [0, 0.05) is 31.6 Å². The Kier molecular flexibility index (Phi) is 3.89. The van der Waals surface area contributed by atoms with E-state index in [-0.39, 0.29) is 22.5 Å². The smallest absolute Gasteiger partial charge is 0.352 e. The van der Waals surface area contributed by atoms with Crippen molar-refractivity contribution in [2.75, 3.05) is 0 Å². The summed E-state index contributed by atoms with van der Waals surface area (Å²) in [7, 11) is 1.43. The lowest BCUT2D eigenvalue weighted by Gasteiger charge is -2.46. The molecule has 1 fully saturated rings. The number of carbonyl (C=O) groups excluding carboxylic acids is 2. The lowest BCUT2D eigenvalue weighted by Crippen LogP contribution is -2.61. The number of carbonyl (C=O) groups is 3. The Balaban J connectivity index is 1.87. The third kappa shape index (κ3) is 2.74. The summed E-state index contributed by atoms with van der Waals surface area (Å²) in [6.07, 6.45) is 1.01. The van der Waals surface area contributed by atoms with Crippen LogP contribution in [0.15, 0.2) is 12.4 Å². The summed E-state index contributed by atoms with van der Waals surface area (Å²) < 4.78 is 28.1. The van der Waals surface area contributed by atoms with Crippen LogP contribution in [0.1, 0.15) is 44.9 Å². The molecule has 3 N–H and O–H groups in total. The molecule has 0 atom stereocenters. The van der Waals surface area contributed by atoms with E-state index in [1.807, 2.05) is 0 Å². The van der Waals surface area contributed by atoms with E-state index >= 15 is 0 Å². The molecule has 0 aromatic carbocycles. The summed E-state index contributed by atoms with van der Waals surface area (Å²) in [5.74, 6) is -6.37. The lowest BCUT2D eigenvalue weighted by molar-refractivity contribution is -0.148. The zero-order chi connectivity index (χ0) is 19.3. The summed E-state index contributed by atoms with van der Waals surface area (Å²) in [4.78, 5) is 36.1. The fourth-order valence-corrected chi connectivity index (χ4v) is 3.28. The van der Waals surface area contributed by atoms with Crippen LogP contribution in [-0.2, 0) is 17.4 Å². The van der Waals surface area contributed by atoms with Crippen molar-refractivity contribution in [2.45, 2.75) is 31.2 Å². The van der Waals surface area contributed by atoms with Crippen molar-refractivity contribution in [1.82, 2.24) is 25.3 Å². The average Bonchev–Trinajstić information content (AvgIpc) is 3.12. The van der Waals surface area contributed by atoms with Gasteiger partial charge in [0.2, 0.25) is 0 Å². The number of rotatable bonds is 5. The standard InChI is InChI=1S/C15H15F2N5O4/c1-7-8(4-22(2)10(7)13(25)26)11(23)12(24)19-14(5-15(16,17)6-14)9-3-18-21-20-9/h3-4H,5-6H2,1-2H3,(H,19,24)(H,25,26)(H,18,20,21). The number of carboxylic acid groups (broad SMARTS) is 1. The van der Waals surface area contributed by atoms with E-state index in [4.69, 9.17) is 5.11 Å². The van der Waals surface area contributed by atoms with E-state index in [1.54, 1.807) is 0 Å². The molecule has 1 aliphatic rings. The molecule has 2 heterocycles. The summed E-state index contributed by atoms with van der Waals surface area (Å²) in [6.45, 7) is 1.40. The Morgan fingerprint density at radius 3 is 2.46 bits per heavy atom. The van der Waals surface area contributed by atoms with Gasteiger partial charge in [0.25, 0.3) is 17.6 Å². The molecule has 26 heavy (non-hydrogen) atoms. The minimum Gasteiger partial charge on any atom is -0.477 e. The minimum atomic E-state index is -2.99. The quantitative estimate of drug-likeness (QED) is 0.529. The summed E-state index contributed by atoms with van der Waals surface area (Å²) in [6, 6.07) is 0. The van der Waals surface area contributed by atoms with Gasteiger partial charge in [0.1, 0.15) is 11.4 Å². The number of nitrogens with one attached hydrogen (secondary N) is 2. The largest absolute Gasteiger partial charge is 0.477 e. The van der Waals surface area contributed by atoms with Crippen LogP contribution in [0.3, 0.4) is 0 Å². The summed E-state index contributed by atoms with van der Waals surface area (Å²) in [5, 5.41) is 21.1. The minimum absolute atomic E-state index is 0.0978. The van der Waals surface area contributed by atoms with Crippen molar-refractivity contribution < 1.29 is 28.3 Å². The molecule has 0 unspecified atom stereocenters. The average molecular weight is 367 g/mol. The molecule has 1 aliphatic carbocycles. The van der Waals surface area contributed by atoms with E-state index in [9.17, 15) is 23.2 Å². The van der Waals surface area contributed by atoms with Crippen LogP contribution in [0.25, 0.3) is 0 Å². The number of Topliss-reactive ketones (excluding diaryl/α,β-unsaturated/α-hetero) is 1. The van der Waals surface area contributed by atoms with Crippen LogP contribution in [0.4, 0.5) is 8.78 Å². The maximum atomic E-state index is 13.4. The second-order valence-electron chi connectivity index (χ2n) is 6.36. The molecule has 0 spiro atoms.